The molecule has 0 unspecified atom stereocenters. The zero-order valence-electron chi connectivity index (χ0n) is 16.4. The summed E-state index contributed by atoms with van der Waals surface area (Å²) in [5.74, 6) is -1.00. The highest BCUT2D eigenvalue weighted by Gasteiger charge is 2.51. The van der Waals surface area contributed by atoms with Crippen LogP contribution in [0.5, 0.6) is 0 Å². The number of nitrogens with one attached hydrogen (secondary N) is 1. The summed E-state index contributed by atoms with van der Waals surface area (Å²) in [5, 5.41) is 3.20. The van der Waals surface area contributed by atoms with Crippen molar-refractivity contribution in [3.8, 4) is 0 Å². The summed E-state index contributed by atoms with van der Waals surface area (Å²) in [4.78, 5) is 31.0. The number of nitrogens with zero attached hydrogens (tertiary/aromatic N) is 1. The van der Waals surface area contributed by atoms with Crippen molar-refractivity contribution in [1.82, 2.24) is 5.06 Å². The molecule has 1 amide bonds. The molecule has 1 N–H and O–H groups in total. The molecule has 158 valence electrons. The van der Waals surface area contributed by atoms with E-state index < -0.39 is 39.0 Å². The molecular weight excluding hydrogens is 408 g/mol. The molecule has 2 aliphatic rings. The zero-order valence-corrected chi connectivity index (χ0v) is 17.2. The van der Waals surface area contributed by atoms with Crippen LogP contribution in [0.1, 0.15) is 24.9 Å². The molecule has 0 aliphatic carbocycles. The lowest BCUT2D eigenvalue weighted by molar-refractivity contribution is -0.178. The number of hydrogen-bond donors (Lipinski definition) is 1. The van der Waals surface area contributed by atoms with Crippen molar-refractivity contribution in [2.45, 2.75) is 35.6 Å². The third-order valence-electron chi connectivity index (χ3n) is 5.30. The van der Waals surface area contributed by atoms with E-state index in [9.17, 15) is 18.0 Å². The average Bonchev–Trinajstić information content (AvgIpc) is 3.14. The van der Waals surface area contributed by atoms with Gasteiger partial charge in [-0.25, -0.2) is 8.42 Å². The van der Waals surface area contributed by atoms with E-state index in [1.165, 1.54) is 5.06 Å². The van der Waals surface area contributed by atoms with Crippen LogP contribution < -0.4 is 5.32 Å². The molecule has 4 rings (SSSR count). The second-order valence-electron chi connectivity index (χ2n) is 7.10. The lowest BCUT2D eigenvalue weighted by Gasteiger charge is -2.28. The van der Waals surface area contributed by atoms with Crippen LogP contribution in [-0.2, 0) is 29.0 Å². The lowest BCUT2D eigenvalue weighted by Crippen LogP contribution is -2.44. The van der Waals surface area contributed by atoms with Gasteiger partial charge >= 0.3 is 5.97 Å². The first-order valence-electron chi connectivity index (χ1n) is 9.69. The van der Waals surface area contributed by atoms with Crippen molar-refractivity contribution < 1.29 is 27.6 Å². The van der Waals surface area contributed by atoms with Gasteiger partial charge < -0.3 is 10.1 Å². The molecule has 0 spiro atoms. The Labute approximate surface area is 174 Å². The van der Waals surface area contributed by atoms with Crippen LogP contribution in [0.25, 0.3) is 0 Å². The van der Waals surface area contributed by atoms with Crippen LogP contribution in [0.15, 0.2) is 59.5 Å². The summed E-state index contributed by atoms with van der Waals surface area (Å²) in [5.41, 5.74) is 1.13. The highest BCUT2D eigenvalue weighted by atomic mass is 32.2. The first kappa shape index (κ1) is 20.5. The average molecular weight is 430 g/mol. The third kappa shape index (κ3) is 3.60. The minimum absolute atomic E-state index is 0.122. The van der Waals surface area contributed by atoms with Gasteiger partial charge in [-0.15, -0.1) is 0 Å². The van der Waals surface area contributed by atoms with Crippen LogP contribution in [0.4, 0.5) is 5.69 Å². The molecule has 2 aromatic carbocycles. The number of ether oxygens (including phenoxy) is 1. The van der Waals surface area contributed by atoms with Crippen molar-refractivity contribution in [2.24, 2.45) is 0 Å². The van der Waals surface area contributed by atoms with Crippen LogP contribution in [0.2, 0.25) is 0 Å². The van der Waals surface area contributed by atoms with Crippen LogP contribution >= 0.6 is 0 Å². The molecule has 2 aliphatic heterocycles. The molecule has 3 atom stereocenters. The Bertz CT molecular complexity index is 1060. The van der Waals surface area contributed by atoms with E-state index in [1.54, 1.807) is 61.5 Å². The number of hydroxylamine groups is 2. The minimum atomic E-state index is -3.77. The van der Waals surface area contributed by atoms with Gasteiger partial charge in [-0.05, 0) is 30.7 Å². The highest BCUT2D eigenvalue weighted by Crippen LogP contribution is 2.43. The maximum atomic E-state index is 13.4. The smallest absolute Gasteiger partial charge is 0.308 e. The Morgan fingerprint density at radius 3 is 2.60 bits per heavy atom. The topological polar surface area (TPSA) is 102 Å². The monoisotopic (exact) mass is 430 g/mol. The number of amides is 1. The Morgan fingerprint density at radius 2 is 1.87 bits per heavy atom. The van der Waals surface area contributed by atoms with E-state index in [2.05, 4.69) is 5.32 Å². The second-order valence-corrected chi connectivity index (χ2v) is 9.27. The van der Waals surface area contributed by atoms with Crippen molar-refractivity contribution >= 4 is 27.4 Å². The number of carbonyl (C=O) groups is 2. The molecule has 8 nitrogen and oxygen atoms in total. The highest BCUT2D eigenvalue weighted by molar-refractivity contribution is 7.92. The van der Waals surface area contributed by atoms with Gasteiger partial charge in [0.05, 0.1) is 30.6 Å². The first-order valence-corrected chi connectivity index (χ1v) is 11.2. The normalized spacial score (nSPS) is 23.8. The van der Waals surface area contributed by atoms with Gasteiger partial charge in [0.1, 0.15) is 11.3 Å². The number of sulfone groups is 1. The number of benzene rings is 2. The summed E-state index contributed by atoms with van der Waals surface area (Å²) in [6.07, 6.45) is -0.248. The summed E-state index contributed by atoms with van der Waals surface area (Å²) in [6.45, 7) is 1.74. The van der Waals surface area contributed by atoms with Crippen LogP contribution in [-0.4, -0.2) is 49.9 Å². The van der Waals surface area contributed by atoms with E-state index in [4.69, 9.17) is 9.57 Å². The SMILES string of the molecule is CCOC(=O)C[C@@H]1C(=O)Nc2ccccc2[C@@H]2[C@H](S(=O)(=O)c3ccccc3)CON12. The summed E-state index contributed by atoms with van der Waals surface area (Å²) < 4.78 is 31.8. The first-order chi connectivity index (χ1) is 14.4. The predicted molar refractivity (Wildman–Crippen MR) is 108 cm³/mol. The van der Waals surface area contributed by atoms with Crippen molar-refractivity contribution in [1.29, 1.82) is 0 Å². The lowest BCUT2D eigenvalue weighted by atomic mass is 10.0. The molecule has 30 heavy (non-hydrogen) atoms. The Hall–Kier alpha value is -2.75. The Kier molecular flexibility index (Phi) is 5.59. The van der Waals surface area contributed by atoms with Crippen LogP contribution in [0.3, 0.4) is 0 Å². The quantitative estimate of drug-likeness (QED) is 0.725. The fourth-order valence-corrected chi connectivity index (χ4v) is 5.65. The van der Waals surface area contributed by atoms with Gasteiger partial charge in [0.25, 0.3) is 0 Å². The molecule has 9 heteroatoms. The number of anilines is 1. The van der Waals surface area contributed by atoms with Crippen molar-refractivity contribution in [2.75, 3.05) is 18.5 Å². The number of para-hydroxylation sites is 1. The maximum absolute atomic E-state index is 13.4. The largest absolute Gasteiger partial charge is 0.466 e. The predicted octanol–water partition coefficient (Wildman–Crippen LogP) is 2.09. The van der Waals surface area contributed by atoms with Gasteiger partial charge in [0.15, 0.2) is 9.84 Å². The summed E-state index contributed by atoms with van der Waals surface area (Å²) in [7, 11) is -3.77. The van der Waals surface area contributed by atoms with E-state index in [1.807, 2.05) is 0 Å². The molecule has 2 heterocycles. The van der Waals surface area contributed by atoms with Gasteiger partial charge in [-0.1, -0.05) is 36.4 Å². The van der Waals surface area contributed by atoms with Gasteiger partial charge in [-0.2, -0.15) is 5.06 Å². The molecule has 1 saturated heterocycles. The summed E-state index contributed by atoms with van der Waals surface area (Å²) >= 11 is 0. The molecular formula is C21H22N2O6S. The maximum Gasteiger partial charge on any atom is 0.308 e. The molecule has 0 saturated carbocycles. The number of hydrogen-bond acceptors (Lipinski definition) is 7. The van der Waals surface area contributed by atoms with Crippen molar-refractivity contribution in [3.05, 3.63) is 60.2 Å². The Balaban J connectivity index is 1.78. The standard InChI is InChI=1S/C21H22N2O6S/c1-2-28-19(24)12-17-21(25)22-16-11-7-6-10-15(16)20-18(13-29-23(17)20)30(26,27)14-8-4-3-5-9-14/h3-11,17-18,20H,2,12-13H2,1H3,(H,22,25)/t17-,18-,20-/m1/s1. The minimum Gasteiger partial charge on any atom is -0.466 e. The number of carbonyl (C=O) groups excluding carboxylic acids is 2. The fourth-order valence-electron chi connectivity index (χ4n) is 3.92. The molecule has 0 bridgehead atoms. The zero-order chi connectivity index (χ0) is 21.3. The second kappa shape index (κ2) is 8.17. The molecule has 0 radical (unpaired) electrons. The third-order valence-corrected chi connectivity index (χ3v) is 7.42. The van der Waals surface area contributed by atoms with Gasteiger partial charge in [-0.3, -0.25) is 14.4 Å². The molecule has 0 aromatic heterocycles. The van der Waals surface area contributed by atoms with Gasteiger partial charge in [0, 0.05) is 5.69 Å². The Morgan fingerprint density at radius 1 is 1.17 bits per heavy atom. The van der Waals surface area contributed by atoms with E-state index in [-0.39, 0.29) is 24.5 Å². The fraction of sp³-hybridized carbons (Fsp3) is 0.333. The molecule has 1 fully saturated rings. The number of fused-ring (bicyclic) bond motifs is 3. The number of rotatable bonds is 5. The molecule has 2 aromatic rings. The van der Waals surface area contributed by atoms with Crippen molar-refractivity contribution in [3.63, 3.8) is 0 Å². The number of esters is 1. The summed E-state index contributed by atoms with van der Waals surface area (Å²) in [6, 6.07) is 13.4. The van der Waals surface area contributed by atoms with E-state index >= 15 is 0 Å². The van der Waals surface area contributed by atoms with E-state index in [0.29, 0.717) is 11.3 Å². The van der Waals surface area contributed by atoms with E-state index in [0.717, 1.165) is 0 Å². The van der Waals surface area contributed by atoms with Crippen LogP contribution in [0, 0.1) is 0 Å². The van der Waals surface area contributed by atoms with Gasteiger partial charge in [0.2, 0.25) is 5.91 Å².